The van der Waals surface area contributed by atoms with Gasteiger partial charge in [-0.15, -0.1) is 0 Å². The van der Waals surface area contributed by atoms with Gasteiger partial charge in [0.05, 0.1) is 37.6 Å². The second-order valence-corrected chi connectivity index (χ2v) is 19.8. The fourth-order valence-electron chi connectivity index (χ4n) is 10.1. The van der Waals surface area contributed by atoms with Gasteiger partial charge in [0.15, 0.2) is 30.8 Å². The highest BCUT2D eigenvalue weighted by Crippen LogP contribution is 2.43. The van der Waals surface area contributed by atoms with E-state index in [4.69, 9.17) is 47.7 Å². The first-order chi connectivity index (χ1) is 33.6. The fraction of sp³-hybridized carbons (Fsp3) is 0.978. The van der Waals surface area contributed by atoms with Crippen LogP contribution in [0.25, 0.3) is 0 Å². The van der Waals surface area contributed by atoms with Gasteiger partial charge in [-0.1, -0.05) is 64.7 Å². The van der Waals surface area contributed by atoms with Gasteiger partial charge in [0, 0.05) is 6.42 Å². The molecule has 0 aromatic carbocycles. The van der Waals surface area contributed by atoms with Crippen molar-refractivity contribution in [1.29, 1.82) is 0 Å². The maximum Gasteiger partial charge on any atom is 0.303 e. The lowest BCUT2D eigenvalue weighted by Crippen LogP contribution is -2.78. The molecule has 5 rings (SSSR count). The zero-order valence-corrected chi connectivity index (χ0v) is 40.8. The lowest BCUT2D eigenvalue weighted by Gasteiger charge is -2.56. The van der Waals surface area contributed by atoms with Crippen molar-refractivity contribution in [1.82, 2.24) is 0 Å². The summed E-state index contributed by atoms with van der Waals surface area (Å²) in [5.41, 5.74) is -3.00. The molecule has 0 aromatic rings. The van der Waals surface area contributed by atoms with Gasteiger partial charge in [0.1, 0.15) is 104 Å². The number of unbranched alkanes of at least 4 members (excludes halogenated alkanes) is 8. The third-order valence-corrected chi connectivity index (χ3v) is 14.5. The maximum atomic E-state index is 12.6. The molecule has 5 saturated heterocycles. The summed E-state index contributed by atoms with van der Waals surface area (Å²) in [5.74, 6) is -0.813. The number of carbonyl (C=O) groups is 1. The Hall–Kier alpha value is -1.45. The zero-order chi connectivity index (χ0) is 52.5. The van der Waals surface area contributed by atoms with Crippen molar-refractivity contribution in [3.05, 3.63) is 0 Å². The van der Waals surface area contributed by atoms with Gasteiger partial charge in [-0.05, 0) is 40.0 Å². The Bertz CT molecular complexity index is 1570. The van der Waals surface area contributed by atoms with Crippen LogP contribution < -0.4 is 0 Å². The highest BCUT2D eigenvalue weighted by molar-refractivity contribution is 5.66. The Labute approximate surface area is 412 Å². The number of aliphatic hydroxyl groups excluding tert-OH is 13. The SMILES string of the molecule is CCCCC[C@@H](CCCCCCCCCC(=O)O)O[C@@H]1O[C@H](CO)[C@@H](O)[C@H](O)[C@H]1O[C@@H]1O[C@@H](C)[C@H](O[C@@H]2O[C@@H](C)[C@H](O[C@@H]3O[C@@H](C)[C@H](O)[C@@H](O)[C@H]3O)[C@](O)([C@@H]3O[C@H](CO)[C@@H](O)[C@H](O)[C@H]3O)[C@H]2O)[C@@H](O)[C@H]1O. The van der Waals surface area contributed by atoms with Crippen LogP contribution in [0.3, 0.4) is 0 Å². The lowest BCUT2D eigenvalue weighted by molar-refractivity contribution is -0.414. The van der Waals surface area contributed by atoms with Crippen molar-refractivity contribution in [2.75, 3.05) is 13.2 Å². The topological polar surface area (TPSA) is 404 Å². The summed E-state index contributed by atoms with van der Waals surface area (Å²) in [6.45, 7) is 4.43. The second-order valence-electron chi connectivity index (χ2n) is 19.8. The number of ether oxygens (including phenoxy) is 9. The van der Waals surface area contributed by atoms with Crippen molar-refractivity contribution in [2.45, 2.75) is 270 Å². The van der Waals surface area contributed by atoms with Gasteiger partial charge in [0.2, 0.25) is 0 Å². The van der Waals surface area contributed by atoms with E-state index in [1.54, 1.807) is 0 Å². The Morgan fingerprint density at radius 2 is 1.00 bits per heavy atom. The number of hydrogen-bond donors (Lipinski definition) is 15. The third-order valence-electron chi connectivity index (χ3n) is 14.5. The quantitative estimate of drug-likeness (QED) is 0.0389. The molecule has 71 heavy (non-hydrogen) atoms. The molecule has 0 unspecified atom stereocenters. The number of carboxylic acids is 1. The Kier molecular flexibility index (Phi) is 23.4. The van der Waals surface area contributed by atoms with Crippen molar-refractivity contribution >= 4 is 5.97 Å². The molecule has 5 fully saturated rings. The standard InChI is InChI=1S/C46H82O25/c1-5-6-12-15-23(16-13-10-8-7-9-11-14-17-26(49)50)66-44-38(32(56)29(53)25(19-48)68-44)70-42-36(60)33(57)37(21(3)64-42)69-45-39(61)46(62,41-34(58)31(55)28(52)24(18-47)67-41)40(22(4)65-45)71-43-35(59)30(54)27(51)20(2)63-43/h20-25,27-45,47-48,51-62H,5-19H2,1-4H3,(H,49,50)/t20-,21-,22-,23-,24+,25+,27-,28+,29+,30+,31-,32-,33-,34+,35+,36+,37-,38+,39-,40-,41+,42-,43-,44+,45-,46-/m0/s1. The number of aliphatic carboxylic acids is 1. The van der Waals surface area contributed by atoms with Crippen LogP contribution in [0.1, 0.15) is 111 Å². The van der Waals surface area contributed by atoms with Gasteiger partial charge in [-0.25, -0.2) is 0 Å². The predicted octanol–water partition coefficient (Wildman–Crippen LogP) is -3.88. The van der Waals surface area contributed by atoms with Crippen LogP contribution in [0.5, 0.6) is 0 Å². The van der Waals surface area contributed by atoms with Crippen LogP contribution in [0, 0.1) is 0 Å². The Morgan fingerprint density at radius 1 is 0.507 bits per heavy atom. The van der Waals surface area contributed by atoms with E-state index >= 15 is 0 Å². The molecule has 0 saturated carbocycles. The first-order valence-corrected chi connectivity index (χ1v) is 25.2. The van der Waals surface area contributed by atoms with E-state index < -0.39 is 178 Å². The summed E-state index contributed by atoms with van der Waals surface area (Å²) in [4.78, 5) is 10.8. The minimum Gasteiger partial charge on any atom is -0.481 e. The summed E-state index contributed by atoms with van der Waals surface area (Å²) in [6.07, 6.45) is -33.0. The maximum absolute atomic E-state index is 12.6. The van der Waals surface area contributed by atoms with E-state index in [9.17, 15) is 76.3 Å². The van der Waals surface area contributed by atoms with E-state index in [-0.39, 0.29) is 6.42 Å². The van der Waals surface area contributed by atoms with Gasteiger partial charge in [-0.3, -0.25) is 4.79 Å². The van der Waals surface area contributed by atoms with E-state index in [0.717, 1.165) is 57.8 Å². The molecule has 0 bridgehead atoms. The highest BCUT2D eigenvalue weighted by Gasteiger charge is 2.66. The summed E-state index contributed by atoms with van der Waals surface area (Å²) in [7, 11) is 0. The summed E-state index contributed by atoms with van der Waals surface area (Å²) >= 11 is 0. The van der Waals surface area contributed by atoms with Gasteiger partial charge < -0.3 is 119 Å². The fourth-order valence-corrected chi connectivity index (χ4v) is 10.1. The van der Waals surface area contributed by atoms with Crippen LogP contribution in [-0.2, 0) is 47.4 Å². The molecule has 0 radical (unpaired) electrons. The molecule has 26 atom stereocenters. The summed E-state index contributed by atoms with van der Waals surface area (Å²) in [6, 6.07) is 0. The molecule has 0 aliphatic carbocycles. The monoisotopic (exact) mass is 1030 g/mol. The molecule has 416 valence electrons. The third kappa shape index (κ3) is 14.3. The van der Waals surface area contributed by atoms with Crippen LogP contribution in [0.15, 0.2) is 0 Å². The van der Waals surface area contributed by atoms with Crippen LogP contribution >= 0.6 is 0 Å². The predicted molar refractivity (Wildman–Crippen MR) is 238 cm³/mol. The van der Waals surface area contributed by atoms with Crippen molar-refractivity contribution in [3.63, 3.8) is 0 Å². The van der Waals surface area contributed by atoms with Gasteiger partial charge in [0.25, 0.3) is 0 Å². The molecular weight excluding hydrogens is 952 g/mol. The van der Waals surface area contributed by atoms with E-state index in [1.165, 1.54) is 20.8 Å². The molecule has 25 heteroatoms. The van der Waals surface area contributed by atoms with Crippen LogP contribution in [0.4, 0.5) is 0 Å². The first-order valence-electron chi connectivity index (χ1n) is 25.2. The number of hydrogen-bond acceptors (Lipinski definition) is 24. The van der Waals surface area contributed by atoms with Crippen molar-refractivity contribution < 1.29 is 124 Å². The van der Waals surface area contributed by atoms with Crippen molar-refractivity contribution in [3.8, 4) is 0 Å². The second kappa shape index (κ2) is 27.6. The summed E-state index contributed by atoms with van der Waals surface area (Å²) < 4.78 is 53.6. The molecule has 25 nitrogen and oxygen atoms in total. The zero-order valence-electron chi connectivity index (χ0n) is 40.8. The smallest absolute Gasteiger partial charge is 0.303 e. The molecule has 5 aliphatic heterocycles. The van der Waals surface area contributed by atoms with Crippen molar-refractivity contribution in [2.24, 2.45) is 0 Å². The Balaban J connectivity index is 1.31. The van der Waals surface area contributed by atoms with Gasteiger partial charge in [-0.2, -0.15) is 0 Å². The van der Waals surface area contributed by atoms with E-state index in [1.807, 2.05) is 6.92 Å². The highest BCUT2D eigenvalue weighted by atomic mass is 16.8. The molecule has 0 spiro atoms. The molecular formula is C46H82O25. The van der Waals surface area contributed by atoms with E-state index in [0.29, 0.717) is 19.3 Å². The minimum atomic E-state index is -3.00. The Morgan fingerprint density at radius 3 is 1.62 bits per heavy atom. The van der Waals surface area contributed by atoms with Crippen LogP contribution in [-0.4, -0.2) is 255 Å². The summed E-state index contributed by atoms with van der Waals surface area (Å²) in [5, 5.41) is 163. The number of rotatable bonds is 25. The molecule has 5 aliphatic rings. The number of aliphatic hydroxyl groups is 14. The molecule has 0 amide bonds. The molecule has 0 aromatic heterocycles. The number of carboxylic acid groups (broad SMARTS) is 1. The first kappa shape index (κ1) is 60.4. The molecule has 15 N–H and O–H groups in total. The lowest BCUT2D eigenvalue weighted by atomic mass is 9.74. The largest absolute Gasteiger partial charge is 0.481 e. The van der Waals surface area contributed by atoms with Crippen LogP contribution in [0.2, 0.25) is 0 Å². The average molecular weight is 1040 g/mol. The molecule has 5 heterocycles. The minimum absolute atomic E-state index is 0.143. The van der Waals surface area contributed by atoms with Gasteiger partial charge >= 0.3 is 5.97 Å². The van der Waals surface area contributed by atoms with E-state index in [2.05, 4.69) is 0 Å². The average Bonchev–Trinajstić information content (AvgIpc) is 3.33. The normalized spacial score (nSPS) is 45.9.